The minimum atomic E-state index is -0.293. The zero-order valence-electron chi connectivity index (χ0n) is 15.4. The smallest absolute Gasteiger partial charge is 0.227 e. The van der Waals surface area contributed by atoms with Gasteiger partial charge in [-0.3, -0.25) is 4.79 Å². The van der Waals surface area contributed by atoms with Crippen molar-refractivity contribution >= 4 is 5.91 Å². The van der Waals surface area contributed by atoms with Crippen LogP contribution in [0.4, 0.5) is 4.39 Å². The highest BCUT2D eigenvalue weighted by molar-refractivity contribution is 5.76. The lowest BCUT2D eigenvalue weighted by atomic mass is 9.96. The molecule has 0 aliphatic heterocycles. The number of rotatable bonds is 7. The van der Waals surface area contributed by atoms with Crippen molar-refractivity contribution in [2.24, 2.45) is 5.92 Å². The first kappa shape index (κ1) is 18.8. The van der Waals surface area contributed by atoms with Crippen LogP contribution >= 0.6 is 0 Å². The molecule has 1 aromatic heterocycles. The first-order chi connectivity index (χ1) is 13.0. The van der Waals surface area contributed by atoms with E-state index in [1.165, 1.54) is 12.1 Å². The zero-order chi connectivity index (χ0) is 19.2. The van der Waals surface area contributed by atoms with Crippen LogP contribution in [0.25, 0.3) is 11.4 Å². The number of carbonyl (C=O) groups excluding carboxylic acids is 1. The Balaban J connectivity index is 1.58. The number of aromatic nitrogens is 2. The number of hydrogen-bond acceptors (Lipinski definition) is 4. The molecule has 1 amide bonds. The third kappa shape index (κ3) is 5.00. The maximum absolute atomic E-state index is 13.1. The van der Waals surface area contributed by atoms with Crippen molar-refractivity contribution in [3.05, 3.63) is 71.9 Å². The second kappa shape index (κ2) is 8.58. The fourth-order valence-corrected chi connectivity index (χ4v) is 2.83. The lowest BCUT2D eigenvalue weighted by Gasteiger charge is -2.23. The van der Waals surface area contributed by atoms with Crippen molar-refractivity contribution in [1.82, 2.24) is 15.5 Å². The Bertz CT molecular complexity index is 876. The van der Waals surface area contributed by atoms with Gasteiger partial charge in [-0.15, -0.1) is 0 Å². The van der Waals surface area contributed by atoms with Crippen LogP contribution in [0.5, 0.6) is 0 Å². The van der Waals surface area contributed by atoms with Crippen LogP contribution in [-0.4, -0.2) is 16.0 Å². The average molecular weight is 367 g/mol. The molecule has 1 heterocycles. The van der Waals surface area contributed by atoms with Crippen LogP contribution in [0, 0.1) is 11.7 Å². The van der Waals surface area contributed by atoms with Gasteiger partial charge < -0.3 is 9.84 Å². The van der Waals surface area contributed by atoms with Crippen molar-refractivity contribution in [1.29, 1.82) is 0 Å². The van der Waals surface area contributed by atoms with Crippen molar-refractivity contribution in [3.63, 3.8) is 0 Å². The lowest BCUT2D eigenvalue weighted by molar-refractivity contribution is -0.122. The molecule has 1 atom stereocenters. The highest BCUT2D eigenvalue weighted by Crippen LogP contribution is 2.22. The maximum atomic E-state index is 13.1. The molecular formula is C21H22FN3O2. The van der Waals surface area contributed by atoms with Crippen LogP contribution in [0.3, 0.4) is 0 Å². The predicted molar refractivity (Wildman–Crippen MR) is 100 cm³/mol. The Morgan fingerprint density at radius 1 is 1.11 bits per heavy atom. The van der Waals surface area contributed by atoms with Gasteiger partial charge in [0, 0.05) is 18.4 Å². The molecule has 1 unspecified atom stereocenters. The summed E-state index contributed by atoms with van der Waals surface area (Å²) in [5.41, 5.74) is 1.75. The van der Waals surface area contributed by atoms with E-state index in [1.807, 2.05) is 44.2 Å². The van der Waals surface area contributed by atoms with E-state index >= 15 is 0 Å². The van der Waals surface area contributed by atoms with E-state index in [0.717, 1.165) is 11.1 Å². The van der Waals surface area contributed by atoms with E-state index in [4.69, 9.17) is 4.52 Å². The van der Waals surface area contributed by atoms with Gasteiger partial charge in [0.1, 0.15) is 5.82 Å². The van der Waals surface area contributed by atoms with Crippen molar-refractivity contribution < 1.29 is 13.7 Å². The molecular weight excluding hydrogens is 345 g/mol. The monoisotopic (exact) mass is 367 g/mol. The molecule has 6 heteroatoms. The van der Waals surface area contributed by atoms with Crippen molar-refractivity contribution in [3.8, 4) is 11.4 Å². The minimum absolute atomic E-state index is 0.113. The molecule has 27 heavy (non-hydrogen) atoms. The molecule has 1 N–H and O–H groups in total. The second-order valence-electron chi connectivity index (χ2n) is 6.72. The topological polar surface area (TPSA) is 68.0 Å². The van der Waals surface area contributed by atoms with Crippen molar-refractivity contribution in [2.45, 2.75) is 32.7 Å². The molecule has 2 aromatic carbocycles. The van der Waals surface area contributed by atoms with Crippen LogP contribution in [0.1, 0.15) is 37.8 Å². The molecule has 0 radical (unpaired) electrons. The van der Waals surface area contributed by atoms with Crippen LogP contribution < -0.4 is 5.32 Å². The molecule has 3 rings (SSSR count). The number of carbonyl (C=O) groups is 1. The average Bonchev–Trinajstić information content (AvgIpc) is 3.15. The Hall–Kier alpha value is -3.02. The number of nitrogens with zero attached hydrogens (tertiary/aromatic N) is 2. The largest absolute Gasteiger partial charge is 0.349 e. The van der Waals surface area contributed by atoms with Gasteiger partial charge >= 0.3 is 0 Å². The Morgan fingerprint density at radius 3 is 2.48 bits per heavy atom. The number of nitrogens with one attached hydrogen (secondary N) is 1. The summed E-state index contributed by atoms with van der Waals surface area (Å²) in [7, 11) is 0. The minimum Gasteiger partial charge on any atom is -0.349 e. The predicted octanol–water partition coefficient (Wildman–Crippen LogP) is 4.32. The van der Waals surface area contributed by atoms with Gasteiger partial charge in [0.2, 0.25) is 17.6 Å². The highest BCUT2D eigenvalue weighted by Gasteiger charge is 2.19. The third-order valence-electron chi connectivity index (χ3n) is 4.28. The molecule has 0 bridgehead atoms. The van der Waals surface area contributed by atoms with Gasteiger partial charge in [-0.2, -0.15) is 4.98 Å². The molecule has 0 saturated heterocycles. The van der Waals surface area contributed by atoms with Gasteiger partial charge in [0.15, 0.2) is 0 Å². The van der Waals surface area contributed by atoms with Crippen LogP contribution in [0.2, 0.25) is 0 Å². The van der Waals surface area contributed by atoms with E-state index in [1.54, 1.807) is 12.1 Å². The number of amides is 1. The summed E-state index contributed by atoms with van der Waals surface area (Å²) in [6, 6.07) is 15.5. The van der Waals surface area contributed by atoms with Gasteiger partial charge in [0.05, 0.1) is 6.04 Å². The summed E-state index contributed by atoms with van der Waals surface area (Å²) in [6.45, 7) is 4.02. The number of hydrogen-bond donors (Lipinski definition) is 1. The quantitative estimate of drug-likeness (QED) is 0.675. The van der Waals surface area contributed by atoms with Gasteiger partial charge in [0.25, 0.3) is 0 Å². The molecule has 0 fully saturated rings. The van der Waals surface area contributed by atoms with Gasteiger partial charge in [-0.25, -0.2) is 4.39 Å². The summed E-state index contributed by atoms with van der Waals surface area (Å²) in [5.74, 6) is 0.701. The molecule has 0 saturated carbocycles. The molecule has 140 valence electrons. The molecule has 3 aromatic rings. The normalized spacial score (nSPS) is 12.1. The first-order valence-electron chi connectivity index (χ1n) is 8.96. The summed E-state index contributed by atoms with van der Waals surface area (Å²) < 4.78 is 18.4. The number of aryl methyl sites for hydroxylation is 1. The third-order valence-corrected chi connectivity index (χ3v) is 4.28. The molecule has 0 spiro atoms. The summed E-state index contributed by atoms with van der Waals surface area (Å²) >= 11 is 0. The van der Waals surface area contributed by atoms with E-state index in [-0.39, 0.29) is 30.1 Å². The molecule has 0 aliphatic carbocycles. The highest BCUT2D eigenvalue weighted by atomic mass is 19.1. The number of halogens is 1. The summed E-state index contributed by atoms with van der Waals surface area (Å²) in [5, 5.41) is 6.97. The zero-order valence-corrected chi connectivity index (χ0v) is 15.4. The Morgan fingerprint density at radius 2 is 1.81 bits per heavy atom. The Kier molecular flexibility index (Phi) is 5.96. The number of benzene rings is 2. The Labute approximate surface area is 157 Å². The van der Waals surface area contributed by atoms with Crippen LogP contribution in [-0.2, 0) is 11.2 Å². The van der Waals surface area contributed by atoms with Crippen molar-refractivity contribution in [2.75, 3.05) is 0 Å². The second-order valence-corrected chi connectivity index (χ2v) is 6.72. The van der Waals surface area contributed by atoms with Gasteiger partial charge in [-0.1, -0.05) is 61.5 Å². The van der Waals surface area contributed by atoms with E-state index in [0.29, 0.717) is 18.1 Å². The van der Waals surface area contributed by atoms with Gasteiger partial charge in [-0.05, 0) is 23.6 Å². The standard InChI is InChI=1S/C21H22FN3O2/c1-14(2)20(15-8-10-17(22)11-9-15)23-18(26)12-13-19-24-21(25-27-19)16-6-4-3-5-7-16/h3-11,14,20H,12-13H2,1-2H3,(H,23,26). The maximum Gasteiger partial charge on any atom is 0.227 e. The van der Waals surface area contributed by atoms with Crippen LogP contribution in [0.15, 0.2) is 59.1 Å². The lowest BCUT2D eigenvalue weighted by Crippen LogP contribution is -2.31. The fourth-order valence-electron chi connectivity index (χ4n) is 2.83. The molecule has 0 aliphatic rings. The summed E-state index contributed by atoms with van der Waals surface area (Å²) in [4.78, 5) is 16.7. The van der Waals surface area contributed by atoms with E-state index < -0.39 is 0 Å². The van der Waals surface area contributed by atoms with E-state index in [9.17, 15) is 9.18 Å². The summed E-state index contributed by atoms with van der Waals surface area (Å²) in [6.07, 6.45) is 0.598. The SMILES string of the molecule is CC(C)C(NC(=O)CCc1nc(-c2ccccc2)no1)c1ccc(F)cc1. The van der Waals surface area contributed by atoms with E-state index in [2.05, 4.69) is 15.5 Å². The first-order valence-corrected chi connectivity index (χ1v) is 8.96. The molecule has 5 nitrogen and oxygen atoms in total. The fraction of sp³-hybridized carbons (Fsp3) is 0.286.